The molecule has 1 atom stereocenters. The third-order valence-electron chi connectivity index (χ3n) is 5.67. The molecular weight excluding hydrogens is 447 g/mol. The van der Waals surface area contributed by atoms with Gasteiger partial charge in [0.15, 0.2) is 17.5 Å². The first-order chi connectivity index (χ1) is 16.4. The number of fused-ring (bicyclic) bond motifs is 1. The van der Waals surface area contributed by atoms with Gasteiger partial charge in [-0.25, -0.2) is 13.2 Å². The Kier molecular flexibility index (Phi) is 7.14. The number of rotatable bonds is 8. The van der Waals surface area contributed by atoms with Crippen LogP contribution in [0.5, 0.6) is 0 Å². The molecule has 0 bridgehead atoms. The second-order valence-electron chi connectivity index (χ2n) is 8.08. The van der Waals surface area contributed by atoms with Crippen molar-refractivity contribution >= 4 is 17.3 Å². The average Bonchev–Trinajstić information content (AvgIpc) is 3.26. The van der Waals surface area contributed by atoms with Gasteiger partial charge in [0.1, 0.15) is 0 Å². The fourth-order valence-corrected chi connectivity index (χ4v) is 4.12. The summed E-state index contributed by atoms with van der Waals surface area (Å²) in [5, 5.41) is 12.5. The summed E-state index contributed by atoms with van der Waals surface area (Å²) in [6.45, 7) is 0.843. The van der Waals surface area contributed by atoms with E-state index in [-0.39, 0.29) is 31.0 Å². The molecule has 178 valence electrons. The predicted molar refractivity (Wildman–Crippen MR) is 121 cm³/mol. The fraction of sp³-hybridized carbons (Fsp3) is 0.280. The van der Waals surface area contributed by atoms with E-state index in [2.05, 4.69) is 10.3 Å². The number of benzene rings is 2. The maximum absolute atomic E-state index is 13.6. The Morgan fingerprint density at radius 2 is 1.97 bits per heavy atom. The molecule has 2 aromatic carbocycles. The minimum Gasteiger partial charge on any atom is -0.389 e. The molecule has 1 aliphatic rings. The summed E-state index contributed by atoms with van der Waals surface area (Å²) < 4.78 is 45.3. The number of aromatic nitrogens is 1. The van der Waals surface area contributed by atoms with Crippen LogP contribution in [0, 0.1) is 17.5 Å². The largest absolute Gasteiger partial charge is 0.389 e. The van der Waals surface area contributed by atoms with Crippen LogP contribution in [0.25, 0.3) is 0 Å². The first-order valence-electron chi connectivity index (χ1n) is 10.8. The van der Waals surface area contributed by atoms with Gasteiger partial charge < -0.3 is 20.1 Å². The lowest BCUT2D eigenvalue weighted by Crippen LogP contribution is -2.34. The monoisotopic (exact) mass is 471 g/mol. The van der Waals surface area contributed by atoms with E-state index in [9.17, 15) is 23.1 Å². The van der Waals surface area contributed by atoms with Crippen LogP contribution in [0.4, 0.5) is 24.5 Å². The Balaban J connectivity index is 1.54. The molecule has 2 N–H and O–H groups in total. The lowest BCUT2D eigenvalue weighted by Gasteiger charge is -2.20. The van der Waals surface area contributed by atoms with Crippen LogP contribution >= 0.6 is 0 Å². The smallest absolute Gasteiger partial charge is 0.251 e. The molecule has 9 heteroatoms. The first-order valence-corrected chi connectivity index (χ1v) is 10.8. The van der Waals surface area contributed by atoms with Crippen molar-refractivity contribution in [3.05, 3.63) is 88.5 Å². The highest BCUT2D eigenvalue weighted by Crippen LogP contribution is 2.36. The number of amides is 1. The minimum absolute atomic E-state index is 0.0817. The van der Waals surface area contributed by atoms with E-state index in [0.717, 1.165) is 29.1 Å². The van der Waals surface area contributed by atoms with Crippen LogP contribution in [0.1, 0.15) is 27.2 Å². The normalized spacial score (nSPS) is 13.6. The molecule has 34 heavy (non-hydrogen) atoms. The Morgan fingerprint density at radius 3 is 2.71 bits per heavy atom. The van der Waals surface area contributed by atoms with E-state index < -0.39 is 23.6 Å². The molecule has 0 spiro atoms. The number of nitrogens with zero attached hydrogens (tertiary/aromatic N) is 2. The SMILES string of the molecule is COC[C@@H](O)CNC(=O)c1cccc2c1CCN2c1ccnc(Cc2cc(F)c(F)c(F)c2)c1. The molecule has 0 radical (unpaired) electrons. The number of carbonyl (C=O) groups excluding carboxylic acids is 1. The molecule has 0 fully saturated rings. The molecule has 0 aliphatic carbocycles. The number of ether oxygens (including phenoxy) is 1. The highest BCUT2D eigenvalue weighted by Gasteiger charge is 2.25. The number of carbonyl (C=O) groups is 1. The van der Waals surface area contributed by atoms with E-state index in [1.165, 1.54) is 7.11 Å². The molecule has 1 amide bonds. The van der Waals surface area contributed by atoms with Gasteiger partial charge in [-0.2, -0.15) is 0 Å². The van der Waals surface area contributed by atoms with Gasteiger partial charge in [0.05, 0.1) is 12.7 Å². The zero-order valence-electron chi connectivity index (χ0n) is 18.5. The lowest BCUT2D eigenvalue weighted by molar-refractivity contribution is 0.0609. The number of pyridine rings is 1. The van der Waals surface area contributed by atoms with E-state index in [4.69, 9.17) is 4.74 Å². The van der Waals surface area contributed by atoms with Crippen molar-refractivity contribution in [2.24, 2.45) is 0 Å². The van der Waals surface area contributed by atoms with Crippen molar-refractivity contribution < 1.29 is 27.8 Å². The number of aliphatic hydroxyl groups is 1. The summed E-state index contributed by atoms with van der Waals surface area (Å²) in [6, 6.07) is 11.0. The van der Waals surface area contributed by atoms with Crippen LogP contribution < -0.4 is 10.2 Å². The van der Waals surface area contributed by atoms with Gasteiger partial charge in [-0.05, 0) is 53.9 Å². The Morgan fingerprint density at radius 1 is 1.21 bits per heavy atom. The summed E-state index contributed by atoms with van der Waals surface area (Å²) in [6.07, 6.45) is 1.59. The van der Waals surface area contributed by atoms with Gasteiger partial charge in [-0.3, -0.25) is 9.78 Å². The molecule has 3 aromatic rings. The third kappa shape index (κ3) is 5.05. The topological polar surface area (TPSA) is 74.7 Å². The minimum atomic E-state index is -1.49. The van der Waals surface area contributed by atoms with E-state index in [1.807, 2.05) is 23.1 Å². The summed E-state index contributed by atoms with van der Waals surface area (Å²) in [7, 11) is 1.48. The first kappa shape index (κ1) is 23.7. The van der Waals surface area contributed by atoms with E-state index >= 15 is 0 Å². The molecule has 0 saturated carbocycles. The van der Waals surface area contributed by atoms with Gasteiger partial charge in [0.25, 0.3) is 5.91 Å². The van der Waals surface area contributed by atoms with Gasteiger partial charge in [0.2, 0.25) is 0 Å². The highest BCUT2D eigenvalue weighted by atomic mass is 19.2. The molecule has 1 aromatic heterocycles. The number of nitrogens with one attached hydrogen (secondary N) is 1. The molecule has 0 unspecified atom stereocenters. The van der Waals surface area contributed by atoms with Crippen LogP contribution in [0.3, 0.4) is 0 Å². The molecule has 0 saturated heterocycles. The lowest BCUT2D eigenvalue weighted by atomic mass is 10.0. The summed E-state index contributed by atoms with van der Waals surface area (Å²) in [5.41, 5.74) is 3.97. The van der Waals surface area contributed by atoms with Crippen molar-refractivity contribution in [1.29, 1.82) is 0 Å². The average molecular weight is 471 g/mol. The third-order valence-corrected chi connectivity index (χ3v) is 5.67. The Labute approximate surface area is 195 Å². The van der Waals surface area contributed by atoms with E-state index in [0.29, 0.717) is 24.2 Å². The molecule has 1 aliphatic heterocycles. The number of aliphatic hydroxyl groups excluding tert-OH is 1. The van der Waals surface area contributed by atoms with Crippen LogP contribution in [-0.4, -0.2) is 48.9 Å². The van der Waals surface area contributed by atoms with Crippen LogP contribution in [0.15, 0.2) is 48.7 Å². The number of hydrogen-bond acceptors (Lipinski definition) is 5. The fourth-order valence-electron chi connectivity index (χ4n) is 4.12. The summed E-state index contributed by atoms with van der Waals surface area (Å²) in [5.74, 6) is -4.24. The zero-order chi connectivity index (χ0) is 24.2. The van der Waals surface area contributed by atoms with Crippen molar-refractivity contribution in [2.75, 3.05) is 31.7 Å². The molecule has 4 rings (SSSR count). The standard InChI is InChI=1S/C25H24F3N3O3/c1-34-14-18(32)13-30-25(33)20-3-2-4-23-19(20)6-8-31(23)17-5-7-29-16(12-17)9-15-10-21(26)24(28)22(27)11-15/h2-5,7,10-12,18,32H,6,8-9,13-14H2,1H3,(H,30,33)/t18-/m0/s1. The zero-order valence-corrected chi connectivity index (χ0v) is 18.5. The maximum Gasteiger partial charge on any atom is 0.251 e. The summed E-state index contributed by atoms with van der Waals surface area (Å²) in [4.78, 5) is 19.0. The van der Waals surface area contributed by atoms with Crippen LogP contribution in [-0.2, 0) is 17.6 Å². The molecule has 2 heterocycles. The number of hydrogen-bond donors (Lipinski definition) is 2. The number of halogens is 3. The predicted octanol–water partition coefficient (Wildman–Crippen LogP) is 3.52. The van der Waals surface area contributed by atoms with Gasteiger partial charge >= 0.3 is 0 Å². The van der Waals surface area contributed by atoms with Gasteiger partial charge in [-0.15, -0.1) is 0 Å². The number of anilines is 2. The van der Waals surface area contributed by atoms with Crippen LogP contribution in [0.2, 0.25) is 0 Å². The second-order valence-corrected chi connectivity index (χ2v) is 8.08. The Hall–Kier alpha value is -3.43. The second kappa shape index (κ2) is 10.2. The van der Waals surface area contributed by atoms with Gasteiger partial charge in [0, 0.05) is 55.4 Å². The summed E-state index contributed by atoms with van der Waals surface area (Å²) >= 11 is 0. The highest BCUT2D eigenvalue weighted by molar-refractivity contribution is 5.98. The Bertz CT molecular complexity index is 1180. The van der Waals surface area contributed by atoms with Crippen molar-refractivity contribution in [3.63, 3.8) is 0 Å². The van der Waals surface area contributed by atoms with Crippen molar-refractivity contribution in [3.8, 4) is 0 Å². The van der Waals surface area contributed by atoms with Crippen molar-refractivity contribution in [1.82, 2.24) is 10.3 Å². The number of methoxy groups -OCH3 is 1. The van der Waals surface area contributed by atoms with E-state index in [1.54, 1.807) is 18.3 Å². The van der Waals surface area contributed by atoms with Crippen molar-refractivity contribution in [2.45, 2.75) is 18.9 Å². The van der Waals surface area contributed by atoms with Gasteiger partial charge in [-0.1, -0.05) is 6.07 Å². The quantitative estimate of drug-likeness (QED) is 0.492. The molecule has 6 nitrogen and oxygen atoms in total. The maximum atomic E-state index is 13.6. The molecular formula is C25H24F3N3O3.